The molecule has 0 aliphatic carbocycles. The molecule has 0 spiro atoms. The SMILES string of the molecule is CCn1c([C@@H](C)NS(=O)(=O)c2ccc(Cl)cc2)nc2ccc(CN(C)C)cc21. The highest BCUT2D eigenvalue weighted by Gasteiger charge is 2.22. The van der Waals surface area contributed by atoms with E-state index in [9.17, 15) is 8.42 Å². The van der Waals surface area contributed by atoms with Crippen molar-refractivity contribution in [2.75, 3.05) is 14.1 Å². The van der Waals surface area contributed by atoms with Crippen molar-refractivity contribution < 1.29 is 8.42 Å². The summed E-state index contributed by atoms with van der Waals surface area (Å²) in [6, 6.07) is 11.8. The van der Waals surface area contributed by atoms with Crippen molar-refractivity contribution in [1.29, 1.82) is 0 Å². The second-order valence-corrected chi connectivity index (χ2v) is 9.22. The molecule has 0 amide bonds. The first-order chi connectivity index (χ1) is 13.2. The highest BCUT2D eigenvalue weighted by Crippen LogP contribution is 2.24. The molecular weight excluding hydrogens is 396 g/mol. The molecule has 0 radical (unpaired) electrons. The van der Waals surface area contributed by atoms with Gasteiger partial charge in [-0.05, 0) is 69.9 Å². The van der Waals surface area contributed by atoms with E-state index in [-0.39, 0.29) is 4.90 Å². The molecule has 0 fully saturated rings. The number of aryl methyl sites for hydroxylation is 1. The van der Waals surface area contributed by atoms with E-state index in [4.69, 9.17) is 16.6 Å². The van der Waals surface area contributed by atoms with Crippen LogP contribution in [-0.2, 0) is 23.1 Å². The lowest BCUT2D eigenvalue weighted by Gasteiger charge is -2.16. The molecule has 28 heavy (non-hydrogen) atoms. The number of aromatic nitrogens is 2. The van der Waals surface area contributed by atoms with E-state index < -0.39 is 16.1 Å². The lowest BCUT2D eigenvalue weighted by Crippen LogP contribution is -2.28. The second kappa shape index (κ2) is 8.21. The van der Waals surface area contributed by atoms with Gasteiger partial charge in [0.25, 0.3) is 0 Å². The molecule has 1 N–H and O–H groups in total. The van der Waals surface area contributed by atoms with Crippen LogP contribution in [0.4, 0.5) is 0 Å². The highest BCUT2D eigenvalue weighted by molar-refractivity contribution is 7.89. The van der Waals surface area contributed by atoms with E-state index in [1.54, 1.807) is 12.1 Å². The maximum atomic E-state index is 12.7. The normalized spacial score (nSPS) is 13.4. The minimum Gasteiger partial charge on any atom is -0.327 e. The molecule has 2 aromatic carbocycles. The number of hydrogen-bond donors (Lipinski definition) is 1. The molecule has 1 atom stereocenters. The van der Waals surface area contributed by atoms with Crippen molar-refractivity contribution in [3.8, 4) is 0 Å². The van der Waals surface area contributed by atoms with Crippen molar-refractivity contribution in [3.63, 3.8) is 0 Å². The Bertz CT molecular complexity index is 1080. The smallest absolute Gasteiger partial charge is 0.241 e. The van der Waals surface area contributed by atoms with Gasteiger partial charge < -0.3 is 9.47 Å². The summed E-state index contributed by atoms with van der Waals surface area (Å²) < 4.78 is 30.2. The van der Waals surface area contributed by atoms with Crippen molar-refractivity contribution in [2.24, 2.45) is 0 Å². The quantitative estimate of drug-likeness (QED) is 0.631. The van der Waals surface area contributed by atoms with Gasteiger partial charge in [0.15, 0.2) is 0 Å². The molecule has 0 saturated carbocycles. The van der Waals surface area contributed by atoms with E-state index in [1.807, 2.05) is 34.0 Å². The highest BCUT2D eigenvalue weighted by atomic mass is 35.5. The topological polar surface area (TPSA) is 67.2 Å². The molecule has 6 nitrogen and oxygen atoms in total. The van der Waals surface area contributed by atoms with Gasteiger partial charge in [0.1, 0.15) is 5.82 Å². The molecule has 0 saturated heterocycles. The van der Waals surface area contributed by atoms with Gasteiger partial charge in [-0.1, -0.05) is 17.7 Å². The van der Waals surface area contributed by atoms with Crippen LogP contribution in [-0.4, -0.2) is 37.0 Å². The number of nitrogens with zero attached hydrogens (tertiary/aromatic N) is 3. The summed E-state index contributed by atoms with van der Waals surface area (Å²) in [6.45, 7) is 5.37. The van der Waals surface area contributed by atoms with E-state index in [0.717, 1.165) is 17.6 Å². The van der Waals surface area contributed by atoms with Crippen LogP contribution in [0, 0.1) is 0 Å². The Morgan fingerprint density at radius 3 is 2.46 bits per heavy atom. The van der Waals surface area contributed by atoms with Gasteiger partial charge in [0.05, 0.1) is 22.0 Å². The molecule has 0 aliphatic heterocycles. The lowest BCUT2D eigenvalue weighted by molar-refractivity contribution is 0.402. The van der Waals surface area contributed by atoms with Gasteiger partial charge in [0.2, 0.25) is 10.0 Å². The summed E-state index contributed by atoms with van der Waals surface area (Å²) in [5, 5.41) is 0.494. The van der Waals surface area contributed by atoms with Crippen molar-refractivity contribution in [1.82, 2.24) is 19.2 Å². The standard InChI is InChI=1S/C20H25ClN4O2S/c1-5-25-19-12-15(13-24(3)4)6-11-18(19)22-20(25)14(2)23-28(26,27)17-9-7-16(21)8-10-17/h6-12,14,23H,5,13H2,1-4H3/t14-/m1/s1. The summed E-state index contributed by atoms with van der Waals surface area (Å²) >= 11 is 5.86. The molecule has 1 aromatic heterocycles. The largest absolute Gasteiger partial charge is 0.327 e. The van der Waals surface area contributed by atoms with Crippen molar-refractivity contribution >= 4 is 32.7 Å². The summed E-state index contributed by atoms with van der Waals surface area (Å²) in [5.74, 6) is 0.692. The fourth-order valence-corrected chi connectivity index (χ4v) is 4.61. The summed E-state index contributed by atoms with van der Waals surface area (Å²) in [6.07, 6.45) is 0. The maximum absolute atomic E-state index is 12.7. The first-order valence-corrected chi connectivity index (χ1v) is 11.0. The molecule has 3 rings (SSSR count). The number of hydrogen-bond acceptors (Lipinski definition) is 4. The van der Waals surface area contributed by atoms with E-state index in [1.165, 1.54) is 17.7 Å². The van der Waals surface area contributed by atoms with Gasteiger partial charge in [-0.2, -0.15) is 0 Å². The Labute approximate surface area is 171 Å². The predicted octanol–water partition coefficient (Wildman–Crippen LogP) is 3.81. The first kappa shape index (κ1) is 20.8. The second-order valence-electron chi connectivity index (χ2n) is 7.07. The molecule has 0 unspecified atom stereocenters. The molecule has 150 valence electrons. The van der Waals surface area contributed by atoms with Crippen LogP contribution in [0.1, 0.15) is 31.3 Å². The number of halogens is 1. The van der Waals surface area contributed by atoms with Crippen molar-refractivity contribution in [3.05, 3.63) is 58.9 Å². The van der Waals surface area contributed by atoms with E-state index >= 15 is 0 Å². The van der Waals surface area contributed by atoms with Crippen LogP contribution in [0.5, 0.6) is 0 Å². The maximum Gasteiger partial charge on any atom is 0.241 e. The van der Waals surface area contributed by atoms with Gasteiger partial charge in [0, 0.05) is 18.1 Å². The molecule has 3 aromatic rings. The fourth-order valence-electron chi connectivity index (χ4n) is 3.28. The predicted molar refractivity (Wildman–Crippen MR) is 113 cm³/mol. The van der Waals surface area contributed by atoms with Gasteiger partial charge in [-0.25, -0.2) is 18.1 Å². The average molecular weight is 421 g/mol. The monoisotopic (exact) mass is 420 g/mol. The third kappa shape index (κ3) is 4.38. The van der Waals surface area contributed by atoms with Gasteiger partial charge in [-0.3, -0.25) is 0 Å². The third-order valence-corrected chi connectivity index (χ3v) is 6.31. The zero-order valence-electron chi connectivity index (χ0n) is 16.5. The Morgan fingerprint density at radius 2 is 1.86 bits per heavy atom. The Kier molecular flexibility index (Phi) is 6.09. The van der Waals surface area contributed by atoms with E-state index in [2.05, 4.69) is 26.3 Å². The van der Waals surface area contributed by atoms with Crippen LogP contribution in [0.3, 0.4) is 0 Å². The van der Waals surface area contributed by atoms with Crippen LogP contribution in [0.2, 0.25) is 5.02 Å². The van der Waals surface area contributed by atoms with Crippen molar-refractivity contribution in [2.45, 2.75) is 37.9 Å². The van der Waals surface area contributed by atoms with Crippen LogP contribution < -0.4 is 4.72 Å². The lowest BCUT2D eigenvalue weighted by atomic mass is 10.2. The molecule has 8 heteroatoms. The van der Waals surface area contributed by atoms with E-state index in [0.29, 0.717) is 17.4 Å². The summed E-state index contributed by atoms with van der Waals surface area (Å²) in [5.41, 5.74) is 3.05. The Morgan fingerprint density at radius 1 is 1.18 bits per heavy atom. The van der Waals surface area contributed by atoms with Crippen LogP contribution in [0.25, 0.3) is 11.0 Å². The minimum absolute atomic E-state index is 0.177. The zero-order valence-corrected chi connectivity index (χ0v) is 18.0. The fraction of sp³-hybridized carbons (Fsp3) is 0.350. The summed E-state index contributed by atoms with van der Waals surface area (Å²) in [7, 11) is 0.377. The Hall–Kier alpha value is -1.93. The molecular formula is C20H25ClN4O2S. The first-order valence-electron chi connectivity index (χ1n) is 9.13. The number of rotatable bonds is 7. The average Bonchev–Trinajstić information content (AvgIpc) is 2.99. The number of fused-ring (bicyclic) bond motifs is 1. The molecule has 0 aliphatic rings. The number of sulfonamides is 1. The zero-order chi connectivity index (χ0) is 20.5. The Balaban J connectivity index is 1.94. The minimum atomic E-state index is -3.68. The van der Waals surface area contributed by atoms with Gasteiger partial charge >= 0.3 is 0 Å². The number of imidazole rings is 1. The van der Waals surface area contributed by atoms with Crippen LogP contribution >= 0.6 is 11.6 Å². The van der Waals surface area contributed by atoms with Crippen LogP contribution in [0.15, 0.2) is 47.4 Å². The third-order valence-electron chi connectivity index (χ3n) is 4.50. The number of nitrogens with one attached hydrogen (secondary N) is 1. The summed E-state index contributed by atoms with van der Waals surface area (Å²) in [4.78, 5) is 6.98. The number of benzene rings is 2. The molecule has 1 heterocycles. The van der Waals surface area contributed by atoms with Gasteiger partial charge in [-0.15, -0.1) is 0 Å². The molecule has 0 bridgehead atoms.